The molecule has 0 saturated carbocycles. The lowest BCUT2D eigenvalue weighted by molar-refractivity contribution is 0.0263. The van der Waals surface area contributed by atoms with Gasteiger partial charge < -0.3 is 19.1 Å². The van der Waals surface area contributed by atoms with E-state index in [1.165, 1.54) is 47.7 Å². The second kappa shape index (κ2) is 14.1. The molecule has 1 N–H and O–H groups in total. The summed E-state index contributed by atoms with van der Waals surface area (Å²) < 4.78 is 18.9. The molecule has 172 valence electrons. The van der Waals surface area contributed by atoms with Gasteiger partial charge in [0, 0.05) is 32.4 Å². The van der Waals surface area contributed by atoms with E-state index >= 15 is 0 Å². The second-order valence-corrected chi connectivity index (χ2v) is 8.61. The van der Waals surface area contributed by atoms with Crippen LogP contribution in [0.4, 0.5) is 5.69 Å². The maximum atomic E-state index is 9.48. The third-order valence-corrected chi connectivity index (χ3v) is 6.09. The maximum Gasteiger partial charge on any atom is 0.107 e. The van der Waals surface area contributed by atoms with E-state index in [1.807, 2.05) is 6.08 Å². The molecule has 0 unspecified atom stereocenters. The van der Waals surface area contributed by atoms with Crippen molar-refractivity contribution in [3.05, 3.63) is 46.9 Å². The number of fused-ring (bicyclic) bond motifs is 1. The number of benzene rings is 2. The minimum absolute atomic E-state index is 0.549. The highest BCUT2D eigenvalue weighted by atomic mass is 32.2. The number of rotatable bonds is 13. The number of piperidine rings is 1. The normalized spacial score (nSPS) is 14.6. The highest BCUT2D eigenvalue weighted by molar-refractivity contribution is 8.01. The fraction of sp³-hybridized carbons (Fsp3) is 0.480. The van der Waals surface area contributed by atoms with E-state index in [-0.39, 0.29) is 0 Å². The lowest BCUT2D eigenvalue weighted by Crippen LogP contribution is -2.29. The number of hydrogen-bond donors (Lipinski definition) is 1. The Hall–Kier alpha value is -2.08. The van der Waals surface area contributed by atoms with Gasteiger partial charge in [0.2, 0.25) is 0 Å². The first kappa shape index (κ1) is 24.6. The van der Waals surface area contributed by atoms with Crippen molar-refractivity contribution >= 4 is 34.5 Å². The molecule has 2 aromatic carbocycles. The summed E-state index contributed by atoms with van der Waals surface area (Å²) in [6.45, 7) is 5.80. The molecule has 3 rings (SSSR count). The van der Waals surface area contributed by atoms with Crippen molar-refractivity contribution in [2.24, 2.45) is 0 Å². The standard InChI is InChI=1S/C25H33N3O3S/c1-29-13-14-31-16-15-30-12-9-27-32-25(20-26)18-21-5-6-23-19-24(8-7-22(23)17-21)28-10-3-2-4-11-28/h5-8,17-19,27H,2-4,9-16H2,1H3/b25-18+. The average Bonchev–Trinajstić information content (AvgIpc) is 2.84. The Bertz CT molecular complexity index is 907. The largest absolute Gasteiger partial charge is 0.382 e. The quantitative estimate of drug-likeness (QED) is 0.269. The van der Waals surface area contributed by atoms with Crippen molar-refractivity contribution < 1.29 is 14.2 Å². The summed E-state index contributed by atoms with van der Waals surface area (Å²) in [6.07, 6.45) is 5.81. The minimum Gasteiger partial charge on any atom is -0.382 e. The van der Waals surface area contributed by atoms with Gasteiger partial charge in [-0.15, -0.1) is 0 Å². The van der Waals surface area contributed by atoms with Crippen LogP contribution >= 0.6 is 11.9 Å². The third-order valence-electron chi connectivity index (χ3n) is 5.31. The van der Waals surface area contributed by atoms with Gasteiger partial charge in [-0.1, -0.05) is 18.2 Å². The van der Waals surface area contributed by atoms with Crippen molar-refractivity contribution in [2.75, 3.05) is 64.7 Å². The number of nitriles is 1. The Balaban J connectivity index is 1.45. The van der Waals surface area contributed by atoms with Gasteiger partial charge in [0.15, 0.2) is 0 Å². The van der Waals surface area contributed by atoms with Crippen molar-refractivity contribution in [1.82, 2.24) is 4.72 Å². The molecule has 0 spiro atoms. The van der Waals surface area contributed by atoms with E-state index in [4.69, 9.17) is 14.2 Å². The van der Waals surface area contributed by atoms with Crippen LogP contribution in [-0.2, 0) is 14.2 Å². The number of allylic oxidation sites excluding steroid dienone is 1. The molecule has 1 aliphatic rings. The topological polar surface area (TPSA) is 66.8 Å². The molecule has 2 aromatic rings. The van der Waals surface area contributed by atoms with Gasteiger partial charge in [-0.25, -0.2) is 0 Å². The predicted octanol–water partition coefficient (Wildman–Crippen LogP) is 4.61. The molecule has 1 aliphatic heterocycles. The van der Waals surface area contributed by atoms with Gasteiger partial charge in [0.1, 0.15) is 11.0 Å². The van der Waals surface area contributed by atoms with Crippen LogP contribution in [0.3, 0.4) is 0 Å². The smallest absolute Gasteiger partial charge is 0.107 e. The molecule has 0 amide bonds. The Morgan fingerprint density at radius 2 is 1.72 bits per heavy atom. The van der Waals surface area contributed by atoms with Crippen molar-refractivity contribution in [3.8, 4) is 6.07 Å². The van der Waals surface area contributed by atoms with Crippen LogP contribution < -0.4 is 9.62 Å². The number of anilines is 1. The summed E-state index contributed by atoms with van der Waals surface area (Å²) >= 11 is 1.33. The summed E-state index contributed by atoms with van der Waals surface area (Å²) in [7, 11) is 1.65. The second-order valence-electron chi connectivity index (χ2n) is 7.67. The zero-order valence-electron chi connectivity index (χ0n) is 18.8. The summed E-state index contributed by atoms with van der Waals surface area (Å²) in [5, 5.41) is 11.9. The summed E-state index contributed by atoms with van der Waals surface area (Å²) in [5.74, 6) is 0. The number of ether oxygens (including phenoxy) is 3. The van der Waals surface area contributed by atoms with Crippen molar-refractivity contribution in [3.63, 3.8) is 0 Å². The molecule has 0 aliphatic carbocycles. The monoisotopic (exact) mass is 455 g/mol. The Labute approximate surface area is 195 Å². The first-order chi connectivity index (χ1) is 15.8. The molecule has 6 nitrogen and oxygen atoms in total. The maximum absolute atomic E-state index is 9.48. The van der Waals surface area contributed by atoms with Gasteiger partial charge >= 0.3 is 0 Å². The minimum atomic E-state index is 0.549. The van der Waals surface area contributed by atoms with Crippen LogP contribution in [0.25, 0.3) is 16.8 Å². The van der Waals surface area contributed by atoms with E-state index in [0.29, 0.717) is 44.5 Å². The lowest BCUT2D eigenvalue weighted by Gasteiger charge is -2.29. The summed E-state index contributed by atoms with van der Waals surface area (Å²) in [5.41, 5.74) is 2.33. The van der Waals surface area contributed by atoms with E-state index in [9.17, 15) is 5.26 Å². The highest BCUT2D eigenvalue weighted by Crippen LogP contribution is 2.26. The van der Waals surface area contributed by atoms with Gasteiger partial charge in [0.25, 0.3) is 0 Å². The third kappa shape index (κ3) is 8.12. The fourth-order valence-electron chi connectivity index (χ4n) is 3.63. The molecule has 1 saturated heterocycles. The number of hydrogen-bond acceptors (Lipinski definition) is 7. The molecule has 0 aromatic heterocycles. The molecule has 1 fully saturated rings. The average molecular weight is 456 g/mol. The zero-order chi connectivity index (χ0) is 22.4. The van der Waals surface area contributed by atoms with Crippen LogP contribution in [0.5, 0.6) is 0 Å². The molecule has 1 heterocycles. The lowest BCUT2D eigenvalue weighted by atomic mass is 10.0. The van der Waals surface area contributed by atoms with E-state index in [1.54, 1.807) is 7.11 Å². The van der Waals surface area contributed by atoms with Gasteiger partial charge in [-0.05, 0) is 71.8 Å². The van der Waals surface area contributed by atoms with E-state index in [0.717, 1.165) is 18.7 Å². The fourth-order valence-corrected chi connectivity index (χ4v) is 4.21. The number of nitrogens with one attached hydrogen (secondary N) is 1. The summed E-state index contributed by atoms with van der Waals surface area (Å²) in [4.78, 5) is 3.10. The van der Waals surface area contributed by atoms with E-state index in [2.05, 4.69) is 52.1 Å². The molecule has 0 bridgehead atoms. The van der Waals surface area contributed by atoms with Gasteiger partial charge in [-0.2, -0.15) is 5.26 Å². The van der Waals surface area contributed by atoms with Gasteiger partial charge in [-0.3, -0.25) is 4.72 Å². The van der Waals surface area contributed by atoms with Crippen LogP contribution in [-0.4, -0.2) is 59.8 Å². The Kier molecular flexibility index (Phi) is 10.9. The Morgan fingerprint density at radius 3 is 2.50 bits per heavy atom. The Morgan fingerprint density at radius 1 is 1.00 bits per heavy atom. The highest BCUT2D eigenvalue weighted by Gasteiger charge is 2.11. The van der Waals surface area contributed by atoms with Crippen LogP contribution in [0.15, 0.2) is 41.3 Å². The zero-order valence-corrected chi connectivity index (χ0v) is 19.7. The van der Waals surface area contributed by atoms with Crippen LogP contribution in [0, 0.1) is 11.3 Å². The van der Waals surface area contributed by atoms with Crippen molar-refractivity contribution in [2.45, 2.75) is 19.3 Å². The number of methoxy groups -OCH3 is 1. The number of nitrogens with zero attached hydrogens (tertiary/aromatic N) is 2. The SMILES string of the molecule is COCCOCCOCCNS/C(C#N)=C/c1ccc2cc(N3CCCCC3)ccc2c1. The van der Waals surface area contributed by atoms with Crippen molar-refractivity contribution in [1.29, 1.82) is 5.26 Å². The molecule has 0 atom stereocenters. The van der Waals surface area contributed by atoms with Crippen LogP contribution in [0.1, 0.15) is 24.8 Å². The molecule has 0 radical (unpaired) electrons. The first-order valence-corrected chi connectivity index (χ1v) is 12.1. The van der Waals surface area contributed by atoms with Crippen LogP contribution in [0.2, 0.25) is 0 Å². The summed E-state index contributed by atoms with van der Waals surface area (Å²) in [6, 6.07) is 15.3. The predicted molar refractivity (Wildman–Crippen MR) is 133 cm³/mol. The first-order valence-electron chi connectivity index (χ1n) is 11.2. The molecule has 7 heteroatoms. The molecule has 32 heavy (non-hydrogen) atoms. The molecular weight excluding hydrogens is 422 g/mol. The molecular formula is C25H33N3O3S. The van der Waals surface area contributed by atoms with E-state index < -0.39 is 0 Å². The van der Waals surface area contributed by atoms with Gasteiger partial charge in [0.05, 0.1) is 33.0 Å².